The van der Waals surface area contributed by atoms with E-state index in [0.29, 0.717) is 23.2 Å². The van der Waals surface area contributed by atoms with E-state index in [1.54, 1.807) is 13.0 Å². The van der Waals surface area contributed by atoms with Crippen LogP contribution in [0.2, 0.25) is 5.02 Å². The highest BCUT2D eigenvalue weighted by atomic mass is 35.5. The zero-order valence-corrected chi connectivity index (χ0v) is 21.9. The summed E-state index contributed by atoms with van der Waals surface area (Å²) in [5.41, 5.74) is 4.34. The van der Waals surface area contributed by atoms with Gasteiger partial charge in [-0.2, -0.15) is 17.9 Å². The number of pyridine rings is 1. The van der Waals surface area contributed by atoms with E-state index in [1.807, 2.05) is 67.6 Å². The van der Waals surface area contributed by atoms with Crippen molar-refractivity contribution in [1.29, 1.82) is 0 Å². The number of benzene rings is 3. The molecule has 0 aliphatic carbocycles. The zero-order chi connectivity index (χ0) is 27.9. The minimum Gasteiger partial charge on any atom is -0.618 e. The Bertz CT molecular complexity index is 1540. The van der Waals surface area contributed by atoms with Crippen LogP contribution in [0.15, 0.2) is 85.1 Å². The lowest BCUT2D eigenvalue weighted by molar-refractivity contribution is -0.629. The third-order valence-electron chi connectivity index (χ3n) is 7.03. The fraction of sp³-hybridized carbons (Fsp3) is 0.200. The van der Waals surface area contributed by atoms with Crippen LogP contribution in [0, 0.1) is 12.1 Å². The minimum atomic E-state index is -4.76. The molecule has 9 heteroatoms. The fourth-order valence-corrected chi connectivity index (χ4v) is 5.19. The lowest BCUT2D eigenvalue weighted by atomic mass is 9.92. The van der Waals surface area contributed by atoms with Crippen molar-refractivity contribution in [2.24, 2.45) is 0 Å². The molecule has 4 aromatic rings. The summed E-state index contributed by atoms with van der Waals surface area (Å²) >= 11 is 6.56. The first-order valence-electron chi connectivity index (χ1n) is 12.4. The van der Waals surface area contributed by atoms with Crippen LogP contribution < -0.4 is 14.9 Å². The molecule has 1 aliphatic heterocycles. The molecule has 0 fully saturated rings. The number of carbonyl (C=O) groups excluding carboxylic acids is 1. The number of hydrogen-bond acceptors (Lipinski definition) is 3. The SMILES string of the molecule is Cc1ccc(N2CC(c3ccccc3Cl)c3ccc(C(=O)N[C@H](C)c4ccc(C(F)(F)F)[n+]([O-])c4)cc32)cc1. The Labute approximate surface area is 229 Å². The number of amides is 1. The van der Waals surface area contributed by atoms with E-state index < -0.39 is 23.8 Å². The van der Waals surface area contributed by atoms with Crippen LogP contribution in [0.25, 0.3) is 0 Å². The van der Waals surface area contributed by atoms with Gasteiger partial charge in [-0.25, -0.2) is 0 Å². The number of nitrogens with one attached hydrogen (secondary N) is 1. The smallest absolute Gasteiger partial charge is 0.478 e. The Hall–Kier alpha value is -4.04. The Morgan fingerprint density at radius 1 is 1.05 bits per heavy atom. The molecule has 0 bridgehead atoms. The van der Waals surface area contributed by atoms with Crippen LogP contribution in [-0.2, 0) is 6.18 Å². The summed E-state index contributed by atoms with van der Waals surface area (Å²) in [4.78, 5) is 15.4. The van der Waals surface area contributed by atoms with Crippen molar-refractivity contribution in [3.8, 4) is 0 Å². The molecule has 0 saturated carbocycles. The molecule has 1 N–H and O–H groups in total. The molecule has 0 spiro atoms. The second kappa shape index (κ2) is 10.3. The number of alkyl halides is 3. The number of hydrogen-bond donors (Lipinski definition) is 1. The van der Waals surface area contributed by atoms with Crippen LogP contribution in [0.4, 0.5) is 24.5 Å². The van der Waals surface area contributed by atoms with Crippen molar-refractivity contribution in [3.05, 3.63) is 129 Å². The van der Waals surface area contributed by atoms with Crippen LogP contribution >= 0.6 is 11.6 Å². The number of nitrogens with zero attached hydrogens (tertiary/aromatic N) is 2. The number of anilines is 2. The van der Waals surface area contributed by atoms with Gasteiger partial charge in [0.2, 0.25) is 0 Å². The Morgan fingerprint density at radius 3 is 2.44 bits per heavy atom. The molecule has 200 valence electrons. The van der Waals surface area contributed by atoms with Gasteiger partial charge in [-0.15, -0.1) is 0 Å². The van der Waals surface area contributed by atoms with Crippen molar-refractivity contribution in [2.75, 3.05) is 11.4 Å². The fourth-order valence-electron chi connectivity index (χ4n) is 4.92. The zero-order valence-electron chi connectivity index (χ0n) is 21.2. The molecule has 39 heavy (non-hydrogen) atoms. The van der Waals surface area contributed by atoms with Gasteiger partial charge >= 0.3 is 6.18 Å². The van der Waals surface area contributed by atoms with Gasteiger partial charge in [-0.1, -0.05) is 53.6 Å². The van der Waals surface area contributed by atoms with E-state index in [0.717, 1.165) is 34.3 Å². The average Bonchev–Trinajstić information content (AvgIpc) is 3.27. The number of carbonyl (C=O) groups is 1. The van der Waals surface area contributed by atoms with E-state index in [1.165, 1.54) is 6.07 Å². The largest absolute Gasteiger partial charge is 0.618 e. The number of aryl methyl sites for hydroxylation is 1. The molecule has 2 heterocycles. The number of fused-ring (bicyclic) bond motifs is 1. The molecule has 3 aromatic carbocycles. The van der Waals surface area contributed by atoms with E-state index in [9.17, 15) is 23.2 Å². The lowest BCUT2D eigenvalue weighted by Gasteiger charge is -2.21. The summed E-state index contributed by atoms with van der Waals surface area (Å²) in [5, 5.41) is 15.4. The van der Waals surface area contributed by atoms with Crippen molar-refractivity contribution in [1.82, 2.24) is 5.32 Å². The van der Waals surface area contributed by atoms with E-state index in [4.69, 9.17) is 11.6 Å². The lowest BCUT2D eigenvalue weighted by Crippen LogP contribution is -2.38. The maximum absolute atomic E-state index is 13.2. The van der Waals surface area contributed by atoms with Gasteiger partial charge < -0.3 is 15.4 Å². The second-order valence-corrected chi connectivity index (χ2v) is 10.1. The minimum absolute atomic E-state index is 0.00862. The molecule has 2 atom stereocenters. The van der Waals surface area contributed by atoms with Crippen LogP contribution in [0.3, 0.4) is 0 Å². The van der Waals surface area contributed by atoms with Gasteiger partial charge in [-0.3, -0.25) is 4.79 Å². The van der Waals surface area contributed by atoms with Crippen molar-refractivity contribution in [2.45, 2.75) is 32.0 Å². The highest BCUT2D eigenvalue weighted by Gasteiger charge is 2.40. The first-order chi connectivity index (χ1) is 18.5. The Kier molecular flexibility index (Phi) is 6.99. The maximum atomic E-state index is 13.2. The predicted octanol–water partition coefficient (Wildman–Crippen LogP) is 7.08. The molecular formula is C30H25ClF3N3O2. The summed E-state index contributed by atoms with van der Waals surface area (Å²) in [6, 6.07) is 22.5. The predicted molar refractivity (Wildman–Crippen MR) is 144 cm³/mol. The van der Waals surface area contributed by atoms with Gasteiger partial charge in [0.05, 0.1) is 6.04 Å². The van der Waals surface area contributed by atoms with Gasteiger partial charge in [0.15, 0.2) is 6.20 Å². The molecule has 1 unspecified atom stereocenters. The average molecular weight is 552 g/mol. The number of rotatable bonds is 5. The Morgan fingerprint density at radius 2 is 1.77 bits per heavy atom. The molecule has 5 rings (SSSR count). The van der Waals surface area contributed by atoms with E-state index >= 15 is 0 Å². The number of halogens is 4. The molecule has 0 radical (unpaired) electrons. The summed E-state index contributed by atoms with van der Waals surface area (Å²) in [5.74, 6) is -0.418. The molecule has 0 saturated heterocycles. The van der Waals surface area contributed by atoms with Crippen molar-refractivity contribution in [3.63, 3.8) is 0 Å². The maximum Gasteiger partial charge on any atom is 0.478 e. The monoisotopic (exact) mass is 551 g/mol. The first-order valence-corrected chi connectivity index (χ1v) is 12.7. The van der Waals surface area contributed by atoms with Crippen LogP contribution in [0.5, 0.6) is 0 Å². The van der Waals surface area contributed by atoms with Gasteiger partial charge in [-0.05, 0) is 61.4 Å². The Balaban J connectivity index is 1.45. The van der Waals surface area contributed by atoms with Crippen LogP contribution in [-0.4, -0.2) is 12.5 Å². The molecule has 5 nitrogen and oxygen atoms in total. The molecule has 1 aliphatic rings. The van der Waals surface area contributed by atoms with E-state index in [2.05, 4.69) is 10.2 Å². The highest BCUT2D eigenvalue weighted by Crippen LogP contribution is 2.45. The standard InChI is InChI=1S/C30H25ClF3N3O2/c1-18-7-11-22(12-8-18)36-17-25(23-5-3-4-6-26(23)31)24-13-9-20(15-27(24)36)29(38)35-19(2)21-10-14-28(30(32,33)34)37(39)16-21/h3-16,19,25H,17H2,1-2H3,(H,35,38)/t19-,25?/m1/s1. The molecule has 1 amide bonds. The quantitative estimate of drug-likeness (QED) is 0.213. The van der Waals surface area contributed by atoms with Gasteiger partial charge in [0.25, 0.3) is 11.6 Å². The highest BCUT2D eigenvalue weighted by molar-refractivity contribution is 6.31. The topological polar surface area (TPSA) is 59.3 Å². The van der Waals surface area contributed by atoms with Crippen molar-refractivity contribution < 1.29 is 22.7 Å². The molecular weight excluding hydrogens is 527 g/mol. The van der Waals surface area contributed by atoms with Gasteiger partial charge in [0.1, 0.15) is 0 Å². The summed E-state index contributed by atoms with van der Waals surface area (Å²) in [7, 11) is 0. The summed E-state index contributed by atoms with van der Waals surface area (Å²) in [6.07, 6.45) is -3.92. The van der Waals surface area contributed by atoms with E-state index in [-0.39, 0.29) is 16.2 Å². The third kappa shape index (κ3) is 5.29. The van der Waals surface area contributed by atoms with Crippen molar-refractivity contribution >= 4 is 28.9 Å². The normalized spacial score (nSPS) is 15.6. The van der Waals surface area contributed by atoms with Crippen LogP contribution in [0.1, 0.15) is 57.2 Å². The van der Waals surface area contributed by atoms with Gasteiger partial charge in [0, 0.05) is 46.1 Å². The second-order valence-electron chi connectivity index (χ2n) is 9.66. The third-order valence-corrected chi connectivity index (χ3v) is 7.37. The summed E-state index contributed by atoms with van der Waals surface area (Å²) < 4.78 is 38.6. The first kappa shape index (κ1) is 26.6. The molecule has 1 aromatic heterocycles. The summed E-state index contributed by atoms with van der Waals surface area (Å²) in [6.45, 7) is 4.27. The number of aromatic nitrogens is 1.